The number of nitrogens with one attached hydrogen (secondary N) is 2. The number of nitrogens with zero attached hydrogens (tertiary/aromatic N) is 1. The molecule has 2 heterocycles. The van der Waals surface area contributed by atoms with E-state index in [0.717, 1.165) is 18.6 Å². The molecule has 1 atom stereocenters. The van der Waals surface area contributed by atoms with Gasteiger partial charge in [-0.3, -0.25) is 4.98 Å². The predicted octanol–water partition coefficient (Wildman–Crippen LogP) is 2.71. The van der Waals surface area contributed by atoms with Gasteiger partial charge in [0.1, 0.15) is 0 Å². The van der Waals surface area contributed by atoms with E-state index in [9.17, 15) is 0 Å². The van der Waals surface area contributed by atoms with E-state index in [0.29, 0.717) is 6.04 Å². The van der Waals surface area contributed by atoms with Crippen LogP contribution >= 0.6 is 0 Å². The number of hydrogen-bond donors (Lipinski definition) is 2. The van der Waals surface area contributed by atoms with Crippen molar-refractivity contribution in [1.82, 2.24) is 10.3 Å². The molecule has 1 unspecified atom stereocenters. The third-order valence-electron chi connectivity index (χ3n) is 3.63. The summed E-state index contributed by atoms with van der Waals surface area (Å²) in [6.45, 7) is 4.31. The fraction of sp³-hybridized carbons (Fsp3) is 0.400. The molecule has 0 radical (unpaired) electrons. The van der Waals surface area contributed by atoms with Crippen molar-refractivity contribution in [3.63, 3.8) is 0 Å². The highest BCUT2D eigenvalue weighted by atomic mass is 15.0. The lowest BCUT2D eigenvalue weighted by Gasteiger charge is -2.25. The van der Waals surface area contributed by atoms with Crippen LogP contribution in [0.25, 0.3) is 10.9 Å². The number of rotatable bonds is 2. The normalized spacial score (nSPS) is 19.9. The summed E-state index contributed by atoms with van der Waals surface area (Å²) in [6, 6.07) is 9.01. The SMILES string of the molecule is Cc1ccc(NC2CCCNC2)c2cccnc12. The molecule has 1 saturated heterocycles. The van der Waals surface area contributed by atoms with Crippen LogP contribution in [0.2, 0.25) is 0 Å². The number of pyridine rings is 1. The molecule has 0 bridgehead atoms. The molecule has 0 saturated carbocycles. The van der Waals surface area contributed by atoms with Crippen LogP contribution in [0.5, 0.6) is 0 Å². The van der Waals surface area contributed by atoms with Crippen LogP contribution in [0.1, 0.15) is 18.4 Å². The van der Waals surface area contributed by atoms with Crippen LogP contribution < -0.4 is 10.6 Å². The summed E-state index contributed by atoms with van der Waals surface area (Å²) in [5.41, 5.74) is 3.54. The Bertz CT molecular complexity index is 544. The zero-order valence-corrected chi connectivity index (χ0v) is 10.7. The molecule has 94 valence electrons. The first-order chi connectivity index (χ1) is 8.84. The van der Waals surface area contributed by atoms with Crippen molar-refractivity contribution in [2.45, 2.75) is 25.8 Å². The van der Waals surface area contributed by atoms with Crippen molar-refractivity contribution in [3.05, 3.63) is 36.0 Å². The van der Waals surface area contributed by atoms with Crippen LogP contribution in [0.3, 0.4) is 0 Å². The van der Waals surface area contributed by atoms with E-state index in [1.54, 1.807) is 0 Å². The second-order valence-corrected chi connectivity index (χ2v) is 5.02. The number of benzene rings is 1. The molecular weight excluding hydrogens is 222 g/mol. The van der Waals surface area contributed by atoms with E-state index < -0.39 is 0 Å². The Morgan fingerprint density at radius 3 is 3.11 bits per heavy atom. The first-order valence-electron chi connectivity index (χ1n) is 6.66. The third kappa shape index (κ3) is 2.18. The van der Waals surface area contributed by atoms with E-state index in [2.05, 4.69) is 40.7 Å². The molecule has 1 fully saturated rings. The van der Waals surface area contributed by atoms with Crippen molar-refractivity contribution in [1.29, 1.82) is 0 Å². The Kier molecular flexibility index (Phi) is 3.15. The Balaban J connectivity index is 1.94. The van der Waals surface area contributed by atoms with Gasteiger partial charge in [0, 0.05) is 29.9 Å². The maximum absolute atomic E-state index is 4.48. The van der Waals surface area contributed by atoms with Crippen LogP contribution in [0.4, 0.5) is 5.69 Å². The first kappa shape index (κ1) is 11.5. The summed E-state index contributed by atoms with van der Waals surface area (Å²) in [6.07, 6.45) is 4.35. The number of aromatic nitrogens is 1. The highest BCUT2D eigenvalue weighted by Gasteiger charge is 2.13. The van der Waals surface area contributed by atoms with Gasteiger partial charge in [-0.25, -0.2) is 0 Å². The minimum Gasteiger partial charge on any atom is -0.380 e. The van der Waals surface area contributed by atoms with Gasteiger partial charge in [-0.2, -0.15) is 0 Å². The van der Waals surface area contributed by atoms with Crippen LogP contribution in [0, 0.1) is 6.92 Å². The summed E-state index contributed by atoms with van der Waals surface area (Å²) in [5, 5.41) is 8.31. The number of hydrogen-bond acceptors (Lipinski definition) is 3. The van der Waals surface area contributed by atoms with Crippen LogP contribution in [0.15, 0.2) is 30.5 Å². The van der Waals surface area contributed by atoms with Gasteiger partial charge in [-0.05, 0) is 50.1 Å². The molecule has 3 heteroatoms. The average molecular weight is 241 g/mol. The van der Waals surface area contributed by atoms with Crippen LogP contribution in [-0.2, 0) is 0 Å². The summed E-state index contributed by atoms with van der Waals surface area (Å²) >= 11 is 0. The topological polar surface area (TPSA) is 37.0 Å². The lowest BCUT2D eigenvalue weighted by molar-refractivity contribution is 0.480. The minimum absolute atomic E-state index is 0.532. The zero-order valence-electron chi connectivity index (χ0n) is 10.7. The van der Waals surface area contributed by atoms with Gasteiger partial charge in [0.25, 0.3) is 0 Å². The summed E-state index contributed by atoms with van der Waals surface area (Å²) in [5.74, 6) is 0. The van der Waals surface area contributed by atoms with E-state index in [-0.39, 0.29) is 0 Å². The molecule has 1 aliphatic heterocycles. The molecule has 0 amide bonds. The molecular formula is C15H19N3. The van der Waals surface area contributed by atoms with Gasteiger partial charge in [-0.1, -0.05) is 6.07 Å². The Morgan fingerprint density at radius 2 is 2.28 bits per heavy atom. The van der Waals surface area contributed by atoms with Crippen molar-refractivity contribution in [3.8, 4) is 0 Å². The fourth-order valence-corrected chi connectivity index (χ4v) is 2.63. The van der Waals surface area contributed by atoms with Crippen molar-refractivity contribution in [2.75, 3.05) is 18.4 Å². The molecule has 2 N–H and O–H groups in total. The van der Waals surface area contributed by atoms with Gasteiger partial charge in [0.2, 0.25) is 0 Å². The van der Waals surface area contributed by atoms with Gasteiger partial charge in [-0.15, -0.1) is 0 Å². The van der Waals surface area contributed by atoms with E-state index >= 15 is 0 Å². The number of aryl methyl sites for hydroxylation is 1. The maximum atomic E-state index is 4.48. The Morgan fingerprint density at radius 1 is 1.33 bits per heavy atom. The molecule has 0 aliphatic carbocycles. The summed E-state index contributed by atoms with van der Waals surface area (Å²) < 4.78 is 0. The average Bonchev–Trinajstić information content (AvgIpc) is 2.44. The standard InChI is InChI=1S/C15H19N3/c1-11-6-7-14(13-5-3-9-17-15(11)13)18-12-4-2-8-16-10-12/h3,5-7,9,12,16,18H,2,4,8,10H2,1H3. The van der Waals surface area contributed by atoms with E-state index in [1.807, 2.05) is 12.3 Å². The van der Waals surface area contributed by atoms with Gasteiger partial charge < -0.3 is 10.6 Å². The molecule has 1 aromatic carbocycles. The summed E-state index contributed by atoms with van der Waals surface area (Å²) in [4.78, 5) is 4.48. The lowest BCUT2D eigenvalue weighted by atomic mass is 10.0. The second kappa shape index (κ2) is 4.94. The summed E-state index contributed by atoms with van der Waals surface area (Å²) in [7, 11) is 0. The van der Waals surface area contributed by atoms with Crippen LogP contribution in [-0.4, -0.2) is 24.1 Å². The smallest absolute Gasteiger partial charge is 0.0751 e. The molecule has 3 nitrogen and oxygen atoms in total. The molecule has 1 aliphatic rings. The maximum Gasteiger partial charge on any atom is 0.0751 e. The van der Waals surface area contributed by atoms with E-state index in [1.165, 1.54) is 29.5 Å². The predicted molar refractivity (Wildman–Crippen MR) is 76.0 cm³/mol. The first-order valence-corrected chi connectivity index (χ1v) is 6.66. The van der Waals surface area contributed by atoms with Gasteiger partial charge in [0.05, 0.1) is 5.52 Å². The molecule has 0 spiro atoms. The Labute approximate surface area is 108 Å². The quantitative estimate of drug-likeness (QED) is 0.849. The largest absolute Gasteiger partial charge is 0.380 e. The number of fused-ring (bicyclic) bond motifs is 1. The Hall–Kier alpha value is -1.61. The molecule has 3 rings (SSSR count). The highest BCUT2D eigenvalue weighted by molar-refractivity contribution is 5.93. The second-order valence-electron chi connectivity index (χ2n) is 5.02. The lowest BCUT2D eigenvalue weighted by Crippen LogP contribution is -2.38. The van der Waals surface area contributed by atoms with Crippen molar-refractivity contribution in [2.24, 2.45) is 0 Å². The molecule has 1 aromatic heterocycles. The number of anilines is 1. The highest BCUT2D eigenvalue weighted by Crippen LogP contribution is 2.25. The fourth-order valence-electron chi connectivity index (χ4n) is 2.63. The monoisotopic (exact) mass is 241 g/mol. The molecule has 18 heavy (non-hydrogen) atoms. The zero-order chi connectivity index (χ0) is 12.4. The molecule has 2 aromatic rings. The number of piperidine rings is 1. The minimum atomic E-state index is 0.532. The van der Waals surface area contributed by atoms with E-state index in [4.69, 9.17) is 0 Å². The van der Waals surface area contributed by atoms with Crippen molar-refractivity contribution < 1.29 is 0 Å². The third-order valence-corrected chi connectivity index (χ3v) is 3.63. The van der Waals surface area contributed by atoms with Crippen molar-refractivity contribution >= 4 is 16.6 Å². The van der Waals surface area contributed by atoms with Gasteiger partial charge >= 0.3 is 0 Å². The van der Waals surface area contributed by atoms with Gasteiger partial charge in [0.15, 0.2) is 0 Å².